The summed E-state index contributed by atoms with van der Waals surface area (Å²) in [5.41, 5.74) is 0.693. The van der Waals surface area contributed by atoms with Crippen LogP contribution in [0.3, 0.4) is 0 Å². The van der Waals surface area contributed by atoms with Gasteiger partial charge in [0.25, 0.3) is 5.91 Å². The molecule has 1 amide bonds. The summed E-state index contributed by atoms with van der Waals surface area (Å²) in [4.78, 5) is 14.8. The standard InChI is InChI=1S/C15H17BrClNO/c16-13-6-5-11(17)9-12(13)15(19)18-8-7-10-3-1-2-4-14(10)18/h5-6,9-10,14H,1-4,7-8H2. The van der Waals surface area contributed by atoms with Crippen LogP contribution in [0.4, 0.5) is 0 Å². The van der Waals surface area contributed by atoms with E-state index in [0.717, 1.165) is 29.8 Å². The first-order chi connectivity index (χ1) is 9.16. The summed E-state index contributed by atoms with van der Waals surface area (Å²) in [6.07, 6.45) is 6.18. The van der Waals surface area contributed by atoms with Crippen molar-refractivity contribution in [2.75, 3.05) is 6.54 Å². The Kier molecular flexibility index (Phi) is 3.86. The molecule has 2 fully saturated rings. The summed E-state index contributed by atoms with van der Waals surface area (Å²) >= 11 is 9.47. The van der Waals surface area contributed by atoms with E-state index in [9.17, 15) is 4.79 Å². The largest absolute Gasteiger partial charge is 0.335 e. The molecule has 4 heteroatoms. The van der Waals surface area contributed by atoms with Crippen molar-refractivity contribution in [1.82, 2.24) is 4.90 Å². The average molecular weight is 343 g/mol. The molecule has 1 saturated heterocycles. The van der Waals surface area contributed by atoms with Gasteiger partial charge in [0, 0.05) is 22.1 Å². The first-order valence-corrected chi connectivity index (χ1v) is 8.10. The second-order valence-electron chi connectivity index (χ2n) is 5.52. The van der Waals surface area contributed by atoms with Crippen LogP contribution in [-0.2, 0) is 0 Å². The van der Waals surface area contributed by atoms with Crippen LogP contribution in [0, 0.1) is 5.92 Å². The van der Waals surface area contributed by atoms with Gasteiger partial charge in [-0.2, -0.15) is 0 Å². The highest BCUT2D eigenvalue weighted by molar-refractivity contribution is 9.10. The van der Waals surface area contributed by atoms with Crippen molar-refractivity contribution in [3.05, 3.63) is 33.3 Å². The van der Waals surface area contributed by atoms with Crippen LogP contribution in [-0.4, -0.2) is 23.4 Å². The van der Waals surface area contributed by atoms with Crippen LogP contribution in [0.15, 0.2) is 22.7 Å². The minimum Gasteiger partial charge on any atom is -0.335 e. The third-order valence-electron chi connectivity index (χ3n) is 4.43. The molecule has 102 valence electrons. The molecule has 1 aromatic carbocycles. The monoisotopic (exact) mass is 341 g/mol. The molecule has 3 rings (SSSR count). The van der Waals surface area contributed by atoms with E-state index in [4.69, 9.17) is 11.6 Å². The van der Waals surface area contributed by atoms with Gasteiger partial charge in [0.05, 0.1) is 5.56 Å². The molecule has 1 aromatic rings. The van der Waals surface area contributed by atoms with E-state index in [2.05, 4.69) is 20.8 Å². The molecular formula is C15H17BrClNO. The fourth-order valence-electron chi connectivity index (χ4n) is 3.47. The summed E-state index contributed by atoms with van der Waals surface area (Å²) < 4.78 is 0.834. The quantitative estimate of drug-likeness (QED) is 0.735. The van der Waals surface area contributed by atoms with Crippen LogP contribution in [0.25, 0.3) is 0 Å². The van der Waals surface area contributed by atoms with Crippen LogP contribution < -0.4 is 0 Å². The van der Waals surface area contributed by atoms with E-state index in [1.165, 1.54) is 19.3 Å². The number of amides is 1. The van der Waals surface area contributed by atoms with Gasteiger partial charge in [-0.05, 0) is 59.3 Å². The minimum atomic E-state index is 0.128. The molecule has 0 N–H and O–H groups in total. The third kappa shape index (κ3) is 2.55. The second kappa shape index (κ2) is 5.45. The number of carbonyl (C=O) groups excluding carboxylic acids is 1. The van der Waals surface area contributed by atoms with Gasteiger partial charge in [0.15, 0.2) is 0 Å². The van der Waals surface area contributed by atoms with Gasteiger partial charge >= 0.3 is 0 Å². The zero-order valence-electron chi connectivity index (χ0n) is 10.7. The van der Waals surface area contributed by atoms with Gasteiger partial charge < -0.3 is 4.90 Å². The Hall–Kier alpha value is -0.540. The predicted octanol–water partition coefficient (Wildman–Crippen LogP) is 4.51. The SMILES string of the molecule is O=C(c1cc(Cl)ccc1Br)N1CCC2CCCCC21. The van der Waals surface area contributed by atoms with E-state index >= 15 is 0 Å². The van der Waals surface area contributed by atoms with Gasteiger partial charge in [-0.3, -0.25) is 4.79 Å². The molecule has 0 radical (unpaired) electrons. The molecule has 2 aliphatic rings. The van der Waals surface area contributed by atoms with Gasteiger partial charge in [0.1, 0.15) is 0 Å². The molecule has 1 aliphatic carbocycles. The zero-order chi connectivity index (χ0) is 13.4. The number of hydrogen-bond donors (Lipinski definition) is 0. The minimum absolute atomic E-state index is 0.128. The normalized spacial score (nSPS) is 26.3. The lowest BCUT2D eigenvalue weighted by Crippen LogP contribution is -2.39. The lowest BCUT2D eigenvalue weighted by Gasteiger charge is -2.32. The van der Waals surface area contributed by atoms with E-state index in [0.29, 0.717) is 16.6 Å². The first-order valence-electron chi connectivity index (χ1n) is 6.93. The fraction of sp³-hybridized carbons (Fsp3) is 0.533. The zero-order valence-corrected chi connectivity index (χ0v) is 13.1. The highest BCUT2D eigenvalue weighted by atomic mass is 79.9. The Balaban J connectivity index is 1.85. The van der Waals surface area contributed by atoms with E-state index in [1.54, 1.807) is 12.1 Å². The molecule has 1 heterocycles. The van der Waals surface area contributed by atoms with Crippen LogP contribution >= 0.6 is 27.5 Å². The van der Waals surface area contributed by atoms with Gasteiger partial charge in [-0.1, -0.05) is 24.4 Å². The maximum Gasteiger partial charge on any atom is 0.255 e. The van der Waals surface area contributed by atoms with E-state index < -0.39 is 0 Å². The molecule has 2 unspecified atom stereocenters. The molecule has 0 bridgehead atoms. The van der Waals surface area contributed by atoms with Gasteiger partial charge in [0.2, 0.25) is 0 Å². The second-order valence-corrected chi connectivity index (χ2v) is 6.81. The molecule has 19 heavy (non-hydrogen) atoms. The Labute approximate surface area is 127 Å². The Morgan fingerprint density at radius 1 is 1.26 bits per heavy atom. The maximum atomic E-state index is 12.7. The summed E-state index contributed by atoms with van der Waals surface area (Å²) in [6.45, 7) is 0.896. The van der Waals surface area contributed by atoms with Crippen molar-refractivity contribution in [2.45, 2.75) is 38.1 Å². The number of carbonyl (C=O) groups is 1. The lowest BCUT2D eigenvalue weighted by atomic mass is 9.85. The molecule has 1 aliphatic heterocycles. The number of rotatable bonds is 1. The summed E-state index contributed by atoms with van der Waals surface area (Å²) in [5.74, 6) is 0.847. The molecule has 2 nitrogen and oxygen atoms in total. The Morgan fingerprint density at radius 2 is 2.05 bits per heavy atom. The summed E-state index contributed by atoms with van der Waals surface area (Å²) in [6, 6.07) is 5.87. The average Bonchev–Trinajstić information content (AvgIpc) is 2.84. The summed E-state index contributed by atoms with van der Waals surface area (Å²) in [5, 5.41) is 0.617. The van der Waals surface area contributed by atoms with Gasteiger partial charge in [-0.25, -0.2) is 0 Å². The molecule has 1 saturated carbocycles. The van der Waals surface area contributed by atoms with Gasteiger partial charge in [-0.15, -0.1) is 0 Å². The van der Waals surface area contributed by atoms with Crippen molar-refractivity contribution in [3.63, 3.8) is 0 Å². The predicted molar refractivity (Wildman–Crippen MR) is 80.6 cm³/mol. The van der Waals surface area contributed by atoms with E-state index in [-0.39, 0.29) is 5.91 Å². The number of hydrogen-bond acceptors (Lipinski definition) is 1. The maximum absolute atomic E-state index is 12.7. The van der Waals surface area contributed by atoms with Crippen molar-refractivity contribution in [3.8, 4) is 0 Å². The molecule has 0 spiro atoms. The molecule has 0 aromatic heterocycles. The lowest BCUT2D eigenvalue weighted by molar-refractivity contribution is 0.0689. The number of fused-ring (bicyclic) bond motifs is 1. The first kappa shape index (κ1) is 13.4. The number of likely N-dealkylation sites (tertiary alicyclic amines) is 1. The Bertz CT molecular complexity index is 505. The van der Waals surface area contributed by atoms with Crippen molar-refractivity contribution < 1.29 is 4.79 Å². The molecular weight excluding hydrogens is 326 g/mol. The Morgan fingerprint density at radius 3 is 2.89 bits per heavy atom. The van der Waals surface area contributed by atoms with Crippen molar-refractivity contribution >= 4 is 33.4 Å². The smallest absolute Gasteiger partial charge is 0.255 e. The van der Waals surface area contributed by atoms with E-state index in [1.807, 2.05) is 6.07 Å². The van der Waals surface area contributed by atoms with Crippen molar-refractivity contribution in [1.29, 1.82) is 0 Å². The van der Waals surface area contributed by atoms with Crippen LogP contribution in [0.5, 0.6) is 0 Å². The highest BCUT2D eigenvalue weighted by Gasteiger charge is 2.38. The molecule has 2 atom stereocenters. The highest BCUT2D eigenvalue weighted by Crippen LogP contribution is 2.37. The van der Waals surface area contributed by atoms with Crippen molar-refractivity contribution in [2.24, 2.45) is 5.92 Å². The topological polar surface area (TPSA) is 20.3 Å². The van der Waals surface area contributed by atoms with Crippen LogP contribution in [0.1, 0.15) is 42.5 Å². The number of benzene rings is 1. The third-order valence-corrected chi connectivity index (χ3v) is 5.36. The fourth-order valence-corrected chi connectivity index (χ4v) is 4.06. The number of nitrogens with zero attached hydrogens (tertiary/aromatic N) is 1. The number of halogens is 2. The van der Waals surface area contributed by atoms with Crippen LogP contribution in [0.2, 0.25) is 5.02 Å². The summed E-state index contributed by atoms with van der Waals surface area (Å²) in [7, 11) is 0.